The number of benzene rings is 1. The van der Waals surface area contributed by atoms with E-state index in [0.29, 0.717) is 16.8 Å². The van der Waals surface area contributed by atoms with Gasteiger partial charge in [0.1, 0.15) is 11.6 Å². The minimum absolute atomic E-state index is 0.00644. The van der Waals surface area contributed by atoms with E-state index < -0.39 is 29.7 Å². The van der Waals surface area contributed by atoms with Crippen molar-refractivity contribution in [3.63, 3.8) is 0 Å². The second kappa shape index (κ2) is 16.6. The van der Waals surface area contributed by atoms with Gasteiger partial charge in [-0.2, -0.15) is 0 Å². The van der Waals surface area contributed by atoms with Gasteiger partial charge in [0.05, 0.1) is 52.1 Å². The first-order valence-electron chi connectivity index (χ1n) is 14.3. The third kappa shape index (κ3) is 10.8. The second-order valence-electron chi connectivity index (χ2n) is 11.1. The van der Waals surface area contributed by atoms with Crippen LogP contribution in [0.4, 0.5) is 10.5 Å². The number of alkyl carbamates (subject to hydrolysis) is 1. The van der Waals surface area contributed by atoms with Gasteiger partial charge >= 0.3 is 6.09 Å². The first-order chi connectivity index (χ1) is 21.0. The lowest BCUT2D eigenvalue weighted by Gasteiger charge is -2.29. The Morgan fingerprint density at radius 1 is 1.11 bits per heavy atom. The van der Waals surface area contributed by atoms with Crippen LogP contribution in [0.3, 0.4) is 0 Å². The van der Waals surface area contributed by atoms with Crippen molar-refractivity contribution < 1.29 is 42.9 Å². The molecule has 1 saturated heterocycles. The highest BCUT2D eigenvalue weighted by Crippen LogP contribution is 2.32. The van der Waals surface area contributed by atoms with E-state index >= 15 is 0 Å². The summed E-state index contributed by atoms with van der Waals surface area (Å²) in [6, 6.07) is 3.63. The van der Waals surface area contributed by atoms with E-state index in [9.17, 15) is 24.0 Å². The average molecular weight is 618 g/mol. The molecule has 44 heavy (non-hydrogen) atoms. The molecule has 1 fully saturated rings. The summed E-state index contributed by atoms with van der Waals surface area (Å²) in [4.78, 5) is 65.9. The largest absolute Gasteiger partial charge is 0.444 e. The molecule has 1 aromatic carbocycles. The lowest BCUT2D eigenvalue weighted by Crippen LogP contribution is -2.52. The number of carbonyl (C=O) groups is 5. The van der Waals surface area contributed by atoms with Crippen LogP contribution in [0, 0.1) is 0 Å². The number of nitrogens with one attached hydrogen (secondary N) is 3. The Labute approximate surface area is 254 Å². The van der Waals surface area contributed by atoms with Gasteiger partial charge in [-0.1, -0.05) is 11.2 Å². The molecule has 16 nitrogen and oxygen atoms in total. The highest BCUT2D eigenvalue weighted by atomic mass is 16.6. The summed E-state index contributed by atoms with van der Waals surface area (Å²) >= 11 is 0. The minimum atomic E-state index is -0.757. The first-order valence-corrected chi connectivity index (χ1v) is 14.3. The highest BCUT2D eigenvalue weighted by molar-refractivity contribution is 6.06. The zero-order chi connectivity index (χ0) is 32.1. The lowest BCUT2D eigenvalue weighted by atomic mass is 10.0. The SMILES string of the molecule is CC(C)(C)OC(=O)NC(COCCOCCN=[N+]=[N-])COCCC(=O)Nc1cccc2c1CN(C1CCC(=O)NC1=O)C2=O. The van der Waals surface area contributed by atoms with Gasteiger partial charge in [-0.25, -0.2) is 4.79 Å². The van der Waals surface area contributed by atoms with Gasteiger partial charge in [-0.3, -0.25) is 24.5 Å². The molecule has 5 amide bonds. The molecule has 0 radical (unpaired) electrons. The summed E-state index contributed by atoms with van der Waals surface area (Å²) in [7, 11) is 0. The number of hydrogen-bond donors (Lipinski definition) is 3. The number of azide groups is 1. The molecular weight excluding hydrogens is 578 g/mol. The maximum absolute atomic E-state index is 13.0. The highest BCUT2D eigenvalue weighted by Gasteiger charge is 2.40. The molecule has 0 aromatic heterocycles. The number of fused-ring (bicyclic) bond motifs is 1. The number of amides is 5. The van der Waals surface area contributed by atoms with Gasteiger partial charge in [0.2, 0.25) is 17.7 Å². The number of imide groups is 1. The number of rotatable bonds is 16. The topological polar surface area (TPSA) is 210 Å². The van der Waals surface area contributed by atoms with Gasteiger partial charge in [0.25, 0.3) is 5.91 Å². The summed E-state index contributed by atoms with van der Waals surface area (Å²) in [6.45, 7) is 6.50. The smallest absolute Gasteiger partial charge is 0.408 e. The van der Waals surface area contributed by atoms with Crippen molar-refractivity contribution in [2.75, 3.05) is 51.5 Å². The van der Waals surface area contributed by atoms with E-state index in [1.807, 2.05) is 0 Å². The maximum atomic E-state index is 13.0. The predicted molar refractivity (Wildman–Crippen MR) is 155 cm³/mol. The Hall–Kier alpha value is -4.24. The van der Waals surface area contributed by atoms with Crippen LogP contribution in [0.5, 0.6) is 0 Å². The zero-order valence-electron chi connectivity index (χ0n) is 25.1. The molecule has 3 rings (SSSR count). The molecule has 2 atom stereocenters. The summed E-state index contributed by atoms with van der Waals surface area (Å²) in [5.74, 6) is -1.56. The average Bonchev–Trinajstić information content (AvgIpc) is 3.28. The summed E-state index contributed by atoms with van der Waals surface area (Å²) < 4.78 is 21.8. The van der Waals surface area contributed by atoms with Crippen molar-refractivity contribution in [3.05, 3.63) is 39.8 Å². The summed E-state index contributed by atoms with van der Waals surface area (Å²) in [6.07, 6.45) is -0.259. The number of piperidine rings is 1. The molecule has 240 valence electrons. The molecule has 2 aliphatic rings. The number of carbonyl (C=O) groups excluding carboxylic acids is 5. The predicted octanol–water partition coefficient (Wildman–Crippen LogP) is 2.03. The van der Waals surface area contributed by atoms with Gasteiger partial charge in [0.15, 0.2) is 0 Å². The first kappa shape index (κ1) is 34.3. The van der Waals surface area contributed by atoms with Crippen LogP contribution in [0.1, 0.15) is 56.0 Å². The van der Waals surface area contributed by atoms with Crippen LogP contribution < -0.4 is 16.0 Å². The normalized spacial score (nSPS) is 16.9. The molecule has 0 aliphatic carbocycles. The molecule has 0 bridgehead atoms. The third-order valence-electron chi connectivity index (χ3n) is 6.46. The molecule has 1 aromatic rings. The maximum Gasteiger partial charge on any atom is 0.408 e. The Balaban J connectivity index is 1.47. The van der Waals surface area contributed by atoms with Crippen LogP contribution in [0.2, 0.25) is 0 Å². The Morgan fingerprint density at radius 2 is 1.84 bits per heavy atom. The summed E-state index contributed by atoms with van der Waals surface area (Å²) in [5.41, 5.74) is 9.01. The third-order valence-corrected chi connectivity index (χ3v) is 6.46. The number of ether oxygens (including phenoxy) is 4. The van der Waals surface area contributed by atoms with Gasteiger partial charge in [-0.05, 0) is 44.9 Å². The van der Waals surface area contributed by atoms with Crippen LogP contribution in [0.15, 0.2) is 23.3 Å². The molecule has 2 unspecified atom stereocenters. The monoisotopic (exact) mass is 617 g/mol. The fraction of sp³-hybridized carbons (Fsp3) is 0.607. The van der Waals surface area contributed by atoms with Crippen LogP contribution in [0.25, 0.3) is 10.4 Å². The van der Waals surface area contributed by atoms with Crippen molar-refractivity contribution in [2.24, 2.45) is 5.11 Å². The number of anilines is 1. The van der Waals surface area contributed by atoms with Crippen molar-refractivity contribution >= 4 is 35.4 Å². The fourth-order valence-electron chi connectivity index (χ4n) is 4.51. The van der Waals surface area contributed by atoms with E-state index in [-0.39, 0.29) is 89.7 Å². The Bertz CT molecular complexity index is 1260. The van der Waals surface area contributed by atoms with E-state index in [1.165, 1.54) is 4.90 Å². The molecule has 16 heteroatoms. The van der Waals surface area contributed by atoms with Crippen LogP contribution in [-0.4, -0.2) is 98.5 Å². The van der Waals surface area contributed by atoms with Gasteiger partial charge in [-0.15, -0.1) is 0 Å². The molecule has 3 N–H and O–H groups in total. The van der Waals surface area contributed by atoms with Crippen molar-refractivity contribution in [1.29, 1.82) is 0 Å². The van der Waals surface area contributed by atoms with Crippen molar-refractivity contribution in [2.45, 2.75) is 64.3 Å². The second-order valence-corrected chi connectivity index (χ2v) is 11.1. The number of hydrogen-bond acceptors (Lipinski definition) is 10. The fourth-order valence-corrected chi connectivity index (χ4v) is 4.51. The van der Waals surface area contributed by atoms with E-state index in [2.05, 4.69) is 26.0 Å². The molecule has 0 saturated carbocycles. The molecule has 0 spiro atoms. The van der Waals surface area contributed by atoms with E-state index in [4.69, 9.17) is 24.5 Å². The van der Waals surface area contributed by atoms with Crippen LogP contribution in [-0.2, 0) is 39.9 Å². The molecule has 2 heterocycles. The molecular formula is C28H39N7O9. The van der Waals surface area contributed by atoms with Crippen molar-refractivity contribution in [3.8, 4) is 0 Å². The van der Waals surface area contributed by atoms with E-state index in [1.54, 1.807) is 39.0 Å². The van der Waals surface area contributed by atoms with Gasteiger partial charge in [0, 0.05) is 41.2 Å². The molecule has 2 aliphatic heterocycles. The summed E-state index contributed by atoms with van der Waals surface area (Å²) in [5, 5.41) is 11.1. The quantitative estimate of drug-likeness (QED) is 0.0813. The van der Waals surface area contributed by atoms with Crippen LogP contribution >= 0.6 is 0 Å². The minimum Gasteiger partial charge on any atom is -0.444 e. The Morgan fingerprint density at radius 3 is 2.55 bits per heavy atom. The van der Waals surface area contributed by atoms with Crippen molar-refractivity contribution in [1.82, 2.24) is 15.5 Å². The lowest BCUT2D eigenvalue weighted by molar-refractivity contribution is -0.137. The number of nitrogens with zero attached hydrogens (tertiary/aromatic N) is 4. The standard InChI is InChI=1S/C28H39N7O9/c1-28(2,3)44-27(40)31-18(17-43-14-13-41-12-10-30-34-29)16-42-11-9-24(37)32-21-6-4-5-19-20(21)15-35(26(19)39)22-7-8-23(36)33-25(22)38/h4-6,18,22H,7-17H2,1-3H3,(H,31,40)(H,32,37)(H,33,36,38). The Kier molecular flexibility index (Phi) is 12.9. The zero-order valence-corrected chi connectivity index (χ0v) is 25.1. The van der Waals surface area contributed by atoms with E-state index in [0.717, 1.165) is 0 Å². The van der Waals surface area contributed by atoms with Gasteiger partial charge < -0.3 is 34.5 Å².